The topological polar surface area (TPSA) is 71.6 Å². The first kappa shape index (κ1) is 21.1. The molecule has 4 rings (SSSR count). The molecule has 3 aromatic rings. The Morgan fingerprint density at radius 3 is 2.39 bits per heavy atom. The largest absolute Gasteiger partial charge is 0.350 e. The first-order chi connectivity index (χ1) is 15.0. The van der Waals surface area contributed by atoms with E-state index in [2.05, 4.69) is 34.7 Å². The molecule has 7 nitrogen and oxygen atoms in total. The van der Waals surface area contributed by atoms with Crippen molar-refractivity contribution in [3.05, 3.63) is 76.0 Å². The summed E-state index contributed by atoms with van der Waals surface area (Å²) < 4.78 is 2.08. The van der Waals surface area contributed by atoms with E-state index in [4.69, 9.17) is 0 Å². The Morgan fingerprint density at radius 2 is 1.74 bits per heavy atom. The maximum atomic E-state index is 13.3. The molecule has 0 aliphatic carbocycles. The number of fused-ring (bicyclic) bond motifs is 1. The van der Waals surface area contributed by atoms with Gasteiger partial charge < -0.3 is 14.4 Å². The summed E-state index contributed by atoms with van der Waals surface area (Å²) in [4.78, 5) is 28.3. The third-order valence-corrected chi connectivity index (χ3v) is 6.36. The van der Waals surface area contributed by atoms with Crippen LogP contribution in [0.4, 0.5) is 5.69 Å². The third-order valence-electron chi connectivity index (χ3n) is 6.36. The molecule has 0 radical (unpaired) electrons. The highest BCUT2D eigenvalue weighted by atomic mass is 16.6. The molecule has 1 aromatic heterocycles. The van der Waals surface area contributed by atoms with Gasteiger partial charge in [-0.25, -0.2) is 0 Å². The molecule has 1 amide bonds. The molecule has 0 saturated carbocycles. The maximum absolute atomic E-state index is 13.3. The molecule has 1 atom stereocenters. The zero-order valence-corrected chi connectivity index (χ0v) is 18.0. The van der Waals surface area contributed by atoms with Crippen molar-refractivity contribution in [3.63, 3.8) is 0 Å². The lowest BCUT2D eigenvalue weighted by Gasteiger charge is -2.34. The summed E-state index contributed by atoms with van der Waals surface area (Å²) in [5.41, 5.74) is 3.16. The minimum atomic E-state index is -0.394. The van der Waals surface area contributed by atoms with Crippen LogP contribution in [0.5, 0.6) is 0 Å². The summed E-state index contributed by atoms with van der Waals surface area (Å²) >= 11 is 0. The average molecular weight is 421 g/mol. The SMILES string of the molecule is CCN1CCN(C(=O)CC(c2ccc([N+](=O)[O-])cc2)c2cn(C)c3ccccc23)CC1. The Balaban J connectivity index is 1.67. The number of likely N-dealkylation sites (N-methyl/N-ethyl adjacent to an activating group) is 1. The number of aryl methyl sites for hydroxylation is 1. The fourth-order valence-electron chi connectivity index (χ4n) is 4.50. The number of nitro groups is 1. The molecule has 0 N–H and O–H groups in total. The summed E-state index contributed by atoms with van der Waals surface area (Å²) in [6, 6.07) is 14.8. The zero-order valence-electron chi connectivity index (χ0n) is 18.0. The molecule has 0 bridgehead atoms. The van der Waals surface area contributed by atoms with Gasteiger partial charge in [0.15, 0.2) is 0 Å². The molecule has 1 aliphatic heterocycles. The second-order valence-electron chi connectivity index (χ2n) is 8.13. The number of para-hydroxylation sites is 1. The predicted octanol–water partition coefficient (Wildman–Crippen LogP) is 3.77. The van der Waals surface area contributed by atoms with E-state index in [-0.39, 0.29) is 17.5 Å². The molecular weight excluding hydrogens is 392 g/mol. The lowest BCUT2D eigenvalue weighted by Crippen LogP contribution is -2.48. The van der Waals surface area contributed by atoms with Crippen molar-refractivity contribution in [1.82, 2.24) is 14.4 Å². The quantitative estimate of drug-likeness (QED) is 0.450. The number of carbonyl (C=O) groups is 1. The lowest BCUT2D eigenvalue weighted by atomic mass is 9.87. The van der Waals surface area contributed by atoms with E-state index in [0.717, 1.165) is 54.8 Å². The Labute approximate surface area is 182 Å². The van der Waals surface area contributed by atoms with E-state index in [1.165, 1.54) is 12.1 Å². The van der Waals surface area contributed by atoms with E-state index >= 15 is 0 Å². The number of aromatic nitrogens is 1. The number of nitrogens with zero attached hydrogens (tertiary/aromatic N) is 4. The molecule has 0 spiro atoms. The molecule has 2 heterocycles. The maximum Gasteiger partial charge on any atom is 0.269 e. The third kappa shape index (κ3) is 4.32. The van der Waals surface area contributed by atoms with Crippen LogP contribution in [-0.4, -0.2) is 57.9 Å². The predicted molar refractivity (Wildman–Crippen MR) is 121 cm³/mol. The number of benzene rings is 2. The fourth-order valence-corrected chi connectivity index (χ4v) is 4.50. The van der Waals surface area contributed by atoms with Crippen LogP contribution < -0.4 is 0 Å². The number of rotatable bonds is 6. The molecule has 162 valence electrons. The van der Waals surface area contributed by atoms with Gasteiger partial charge in [-0.1, -0.05) is 37.3 Å². The Kier molecular flexibility index (Phi) is 6.04. The Hall–Kier alpha value is -3.19. The van der Waals surface area contributed by atoms with Crippen LogP contribution in [0, 0.1) is 10.1 Å². The molecule has 7 heteroatoms. The number of carbonyl (C=O) groups excluding carboxylic acids is 1. The number of hydrogen-bond donors (Lipinski definition) is 0. The molecule has 2 aromatic carbocycles. The first-order valence-corrected chi connectivity index (χ1v) is 10.8. The van der Waals surface area contributed by atoms with Crippen molar-refractivity contribution in [2.45, 2.75) is 19.3 Å². The molecule has 1 unspecified atom stereocenters. The highest BCUT2D eigenvalue weighted by Crippen LogP contribution is 2.35. The molecular formula is C24H28N4O3. The minimum Gasteiger partial charge on any atom is -0.350 e. The van der Waals surface area contributed by atoms with Gasteiger partial charge in [-0.2, -0.15) is 0 Å². The molecule has 31 heavy (non-hydrogen) atoms. The van der Waals surface area contributed by atoms with Crippen molar-refractivity contribution in [2.24, 2.45) is 7.05 Å². The van der Waals surface area contributed by atoms with E-state index in [1.54, 1.807) is 12.1 Å². The summed E-state index contributed by atoms with van der Waals surface area (Å²) in [5.74, 6) is -0.0318. The average Bonchev–Trinajstić information content (AvgIpc) is 3.14. The number of hydrogen-bond acceptors (Lipinski definition) is 4. The van der Waals surface area contributed by atoms with Gasteiger partial charge in [0.05, 0.1) is 4.92 Å². The van der Waals surface area contributed by atoms with Gasteiger partial charge in [0.2, 0.25) is 5.91 Å². The number of nitro benzene ring substituents is 1. The van der Waals surface area contributed by atoms with Gasteiger partial charge in [0, 0.05) is 74.8 Å². The van der Waals surface area contributed by atoms with Crippen molar-refractivity contribution in [2.75, 3.05) is 32.7 Å². The van der Waals surface area contributed by atoms with Gasteiger partial charge in [0.25, 0.3) is 5.69 Å². The summed E-state index contributed by atoms with van der Waals surface area (Å²) in [7, 11) is 2.00. The van der Waals surface area contributed by atoms with Crippen molar-refractivity contribution >= 4 is 22.5 Å². The van der Waals surface area contributed by atoms with E-state index in [9.17, 15) is 14.9 Å². The van der Waals surface area contributed by atoms with E-state index < -0.39 is 4.92 Å². The van der Waals surface area contributed by atoms with Crippen LogP contribution in [0.15, 0.2) is 54.7 Å². The molecule has 1 fully saturated rings. The van der Waals surface area contributed by atoms with Gasteiger partial charge in [0.1, 0.15) is 0 Å². The van der Waals surface area contributed by atoms with Crippen LogP contribution in [-0.2, 0) is 11.8 Å². The van der Waals surface area contributed by atoms with E-state index in [0.29, 0.717) is 6.42 Å². The zero-order chi connectivity index (χ0) is 22.0. The fraction of sp³-hybridized carbons (Fsp3) is 0.375. The molecule has 1 aliphatic rings. The first-order valence-electron chi connectivity index (χ1n) is 10.8. The van der Waals surface area contributed by atoms with E-state index in [1.807, 2.05) is 24.1 Å². The number of non-ortho nitro benzene ring substituents is 1. The van der Waals surface area contributed by atoms with Crippen LogP contribution in [0.3, 0.4) is 0 Å². The van der Waals surface area contributed by atoms with Crippen molar-refractivity contribution < 1.29 is 9.72 Å². The molecule has 1 saturated heterocycles. The smallest absolute Gasteiger partial charge is 0.269 e. The van der Waals surface area contributed by atoms with Crippen LogP contribution in [0.2, 0.25) is 0 Å². The second-order valence-corrected chi connectivity index (χ2v) is 8.13. The standard InChI is InChI=1S/C24H28N4O3/c1-3-26-12-14-27(15-13-26)24(29)16-21(18-8-10-19(11-9-18)28(30)31)22-17-25(2)23-7-5-4-6-20(22)23/h4-11,17,21H,3,12-16H2,1-2H3. The highest BCUT2D eigenvalue weighted by molar-refractivity contribution is 5.86. The second kappa shape index (κ2) is 8.89. The minimum absolute atomic E-state index is 0.0578. The van der Waals surface area contributed by atoms with Gasteiger partial charge in [-0.15, -0.1) is 0 Å². The lowest BCUT2D eigenvalue weighted by molar-refractivity contribution is -0.384. The Bertz CT molecular complexity index is 1080. The van der Waals surface area contributed by atoms with Crippen molar-refractivity contribution in [1.29, 1.82) is 0 Å². The summed E-state index contributed by atoms with van der Waals surface area (Å²) in [6.45, 7) is 6.44. The van der Waals surface area contributed by atoms with Gasteiger partial charge >= 0.3 is 0 Å². The monoisotopic (exact) mass is 420 g/mol. The highest BCUT2D eigenvalue weighted by Gasteiger charge is 2.27. The van der Waals surface area contributed by atoms with Crippen LogP contribution in [0.25, 0.3) is 10.9 Å². The van der Waals surface area contributed by atoms with Crippen LogP contribution >= 0.6 is 0 Å². The number of piperazine rings is 1. The summed E-state index contributed by atoms with van der Waals surface area (Å²) in [5, 5.41) is 12.2. The number of amides is 1. The van der Waals surface area contributed by atoms with Gasteiger partial charge in [-0.3, -0.25) is 14.9 Å². The van der Waals surface area contributed by atoms with Gasteiger partial charge in [-0.05, 0) is 23.7 Å². The van der Waals surface area contributed by atoms with Crippen molar-refractivity contribution in [3.8, 4) is 0 Å². The Morgan fingerprint density at radius 1 is 1.06 bits per heavy atom. The summed E-state index contributed by atoms with van der Waals surface area (Å²) in [6.07, 6.45) is 2.43. The van der Waals surface area contributed by atoms with Crippen LogP contribution in [0.1, 0.15) is 30.4 Å². The normalized spacial score (nSPS) is 15.9.